The van der Waals surface area contributed by atoms with Gasteiger partial charge in [0, 0.05) is 12.6 Å². The molecule has 0 aromatic heterocycles. The molecule has 0 bridgehead atoms. The zero-order valence-corrected chi connectivity index (χ0v) is 13.1. The van der Waals surface area contributed by atoms with Gasteiger partial charge in [0.15, 0.2) is 0 Å². The van der Waals surface area contributed by atoms with Gasteiger partial charge in [-0.2, -0.15) is 4.31 Å². The Morgan fingerprint density at radius 1 is 1.35 bits per heavy atom. The highest BCUT2D eigenvalue weighted by Gasteiger charge is 2.35. The summed E-state index contributed by atoms with van der Waals surface area (Å²) in [4.78, 5) is 0.333. The van der Waals surface area contributed by atoms with Gasteiger partial charge in [0.25, 0.3) is 0 Å². The van der Waals surface area contributed by atoms with Crippen LogP contribution < -0.4 is 4.74 Å². The lowest BCUT2D eigenvalue weighted by Crippen LogP contribution is -2.51. The number of ether oxygens (including phenoxy) is 2. The molecule has 0 radical (unpaired) electrons. The Bertz CT molecular complexity index is 585. The first-order chi connectivity index (χ1) is 9.37. The lowest BCUT2D eigenvalue weighted by Gasteiger charge is -2.37. The maximum atomic E-state index is 12.8. The van der Waals surface area contributed by atoms with Crippen LogP contribution in [0.1, 0.15) is 19.4 Å². The molecule has 5 nitrogen and oxygen atoms in total. The van der Waals surface area contributed by atoms with E-state index in [1.165, 1.54) is 4.31 Å². The third-order valence-electron chi connectivity index (χ3n) is 3.79. The normalized spacial score (nSPS) is 24.6. The fourth-order valence-electron chi connectivity index (χ4n) is 2.41. The zero-order chi connectivity index (χ0) is 14.9. The number of hydrogen-bond donors (Lipinski definition) is 0. The molecule has 2 atom stereocenters. The van der Waals surface area contributed by atoms with Gasteiger partial charge in [0.2, 0.25) is 10.0 Å². The maximum Gasteiger partial charge on any atom is 0.243 e. The first-order valence-electron chi connectivity index (χ1n) is 6.66. The molecule has 2 unspecified atom stereocenters. The third kappa shape index (κ3) is 2.68. The number of aryl methyl sites for hydroxylation is 1. The fraction of sp³-hybridized carbons (Fsp3) is 0.571. The van der Waals surface area contributed by atoms with Crippen LogP contribution in [0.2, 0.25) is 0 Å². The quantitative estimate of drug-likeness (QED) is 0.854. The van der Waals surface area contributed by atoms with Gasteiger partial charge in [-0.25, -0.2) is 8.42 Å². The molecule has 6 heteroatoms. The van der Waals surface area contributed by atoms with Gasteiger partial charge >= 0.3 is 0 Å². The smallest absolute Gasteiger partial charge is 0.243 e. The van der Waals surface area contributed by atoms with Crippen molar-refractivity contribution in [2.75, 3.05) is 20.3 Å². The average Bonchev–Trinajstić information content (AvgIpc) is 2.41. The topological polar surface area (TPSA) is 55.8 Å². The SMILES string of the molecule is COc1ccc(S(=O)(=O)N2CCOC(C)C2C)c(C)c1. The van der Waals surface area contributed by atoms with Gasteiger partial charge in [-0.15, -0.1) is 0 Å². The number of hydrogen-bond acceptors (Lipinski definition) is 4. The van der Waals surface area contributed by atoms with Crippen molar-refractivity contribution in [3.8, 4) is 5.75 Å². The lowest BCUT2D eigenvalue weighted by molar-refractivity contribution is -0.0232. The van der Waals surface area contributed by atoms with E-state index in [1.807, 2.05) is 13.8 Å². The molecule has 1 aliphatic rings. The lowest BCUT2D eigenvalue weighted by atomic mass is 10.2. The van der Waals surface area contributed by atoms with Crippen LogP contribution in [-0.2, 0) is 14.8 Å². The van der Waals surface area contributed by atoms with Crippen LogP contribution in [0.3, 0.4) is 0 Å². The number of morpholine rings is 1. The Hall–Kier alpha value is -1.11. The van der Waals surface area contributed by atoms with Gasteiger partial charge in [-0.3, -0.25) is 0 Å². The van der Waals surface area contributed by atoms with Crippen molar-refractivity contribution in [2.24, 2.45) is 0 Å². The molecule has 1 aromatic rings. The van der Waals surface area contributed by atoms with Crippen molar-refractivity contribution < 1.29 is 17.9 Å². The molecule has 1 aliphatic heterocycles. The average molecular weight is 299 g/mol. The minimum Gasteiger partial charge on any atom is -0.497 e. The van der Waals surface area contributed by atoms with Crippen LogP contribution in [-0.4, -0.2) is 45.1 Å². The second-order valence-corrected chi connectivity index (χ2v) is 6.92. The maximum absolute atomic E-state index is 12.8. The summed E-state index contributed by atoms with van der Waals surface area (Å²) in [5.41, 5.74) is 0.690. The van der Waals surface area contributed by atoms with Crippen LogP contribution >= 0.6 is 0 Å². The molecular formula is C14H21NO4S. The molecule has 112 valence electrons. The first-order valence-corrected chi connectivity index (χ1v) is 8.10. The number of rotatable bonds is 3. The van der Waals surface area contributed by atoms with Crippen LogP contribution in [0.25, 0.3) is 0 Å². The standard InChI is InChI=1S/C14H21NO4S/c1-10-9-13(18-4)5-6-14(10)20(16,17)15-7-8-19-12(3)11(15)2/h5-6,9,11-12H,7-8H2,1-4H3. The summed E-state index contributed by atoms with van der Waals surface area (Å²) in [6.45, 7) is 6.37. The summed E-state index contributed by atoms with van der Waals surface area (Å²) < 4.78 is 37.7. The van der Waals surface area contributed by atoms with Crippen molar-refractivity contribution in [3.05, 3.63) is 23.8 Å². The van der Waals surface area contributed by atoms with Crippen molar-refractivity contribution in [2.45, 2.75) is 37.8 Å². The Kier molecular flexibility index (Phi) is 4.36. The molecule has 1 saturated heterocycles. The molecule has 20 heavy (non-hydrogen) atoms. The van der Waals surface area contributed by atoms with E-state index >= 15 is 0 Å². The summed E-state index contributed by atoms with van der Waals surface area (Å²) >= 11 is 0. The highest BCUT2D eigenvalue weighted by Crippen LogP contribution is 2.27. The van der Waals surface area contributed by atoms with Crippen molar-refractivity contribution in [3.63, 3.8) is 0 Å². The summed E-state index contributed by atoms with van der Waals surface area (Å²) in [5, 5.41) is 0. The highest BCUT2D eigenvalue weighted by molar-refractivity contribution is 7.89. The van der Waals surface area contributed by atoms with Gasteiger partial charge in [0.05, 0.1) is 24.7 Å². The van der Waals surface area contributed by atoms with E-state index in [0.717, 1.165) is 0 Å². The van der Waals surface area contributed by atoms with Crippen molar-refractivity contribution in [1.82, 2.24) is 4.31 Å². The second-order valence-electron chi connectivity index (χ2n) is 5.06. The number of benzene rings is 1. The Morgan fingerprint density at radius 2 is 2.05 bits per heavy atom. The molecule has 0 aliphatic carbocycles. The number of sulfonamides is 1. The van der Waals surface area contributed by atoms with Crippen molar-refractivity contribution in [1.29, 1.82) is 0 Å². The summed E-state index contributed by atoms with van der Waals surface area (Å²) in [7, 11) is -1.94. The van der Waals surface area contributed by atoms with E-state index in [4.69, 9.17) is 9.47 Å². The summed E-state index contributed by atoms with van der Waals surface area (Å²) in [6.07, 6.45) is -0.0999. The molecule has 1 aromatic carbocycles. The molecular weight excluding hydrogens is 278 g/mol. The van der Waals surface area contributed by atoms with E-state index in [2.05, 4.69) is 0 Å². The molecule has 1 fully saturated rings. The van der Waals surface area contributed by atoms with Gasteiger partial charge in [0.1, 0.15) is 5.75 Å². The molecule has 0 saturated carbocycles. The van der Waals surface area contributed by atoms with Crippen LogP contribution in [0.15, 0.2) is 23.1 Å². The molecule has 1 heterocycles. The number of nitrogens with zero attached hydrogens (tertiary/aromatic N) is 1. The van der Waals surface area contributed by atoms with E-state index < -0.39 is 10.0 Å². The fourth-order valence-corrected chi connectivity index (χ4v) is 4.29. The zero-order valence-electron chi connectivity index (χ0n) is 12.3. The summed E-state index contributed by atoms with van der Waals surface area (Å²) in [5.74, 6) is 0.657. The first kappa shape index (κ1) is 15.3. The Labute approximate surface area is 120 Å². The predicted octanol–water partition coefficient (Wildman–Crippen LogP) is 1.80. The minimum atomic E-state index is -3.50. The molecule has 0 amide bonds. The van der Waals surface area contributed by atoms with Gasteiger partial charge in [-0.1, -0.05) is 0 Å². The number of methoxy groups -OCH3 is 1. The minimum absolute atomic E-state index is 0.0999. The van der Waals surface area contributed by atoms with E-state index in [0.29, 0.717) is 29.4 Å². The Morgan fingerprint density at radius 3 is 2.65 bits per heavy atom. The van der Waals surface area contributed by atoms with E-state index in [1.54, 1.807) is 32.2 Å². The van der Waals surface area contributed by atoms with Crippen LogP contribution in [0.5, 0.6) is 5.75 Å². The second kappa shape index (κ2) is 5.71. The largest absolute Gasteiger partial charge is 0.497 e. The molecule has 0 spiro atoms. The summed E-state index contributed by atoms with van der Waals surface area (Å²) in [6, 6.07) is 4.85. The van der Waals surface area contributed by atoms with E-state index in [-0.39, 0.29) is 12.1 Å². The predicted molar refractivity (Wildman–Crippen MR) is 76.5 cm³/mol. The molecule has 2 rings (SSSR count). The van der Waals surface area contributed by atoms with Crippen LogP contribution in [0, 0.1) is 6.92 Å². The molecule has 0 N–H and O–H groups in total. The van der Waals surface area contributed by atoms with Crippen molar-refractivity contribution >= 4 is 10.0 Å². The monoisotopic (exact) mass is 299 g/mol. The van der Waals surface area contributed by atoms with E-state index in [9.17, 15) is 8.42 Å². The van der Waals surface area contributed by atoms with Gasteiger partial charge in [-0.05, 0) is 44.5 Å². The van der Waals surface area contributed by atoms with Crippen LogP contribution in [0.4, 0.5) is 0 Å². The van der Waals surface area contributed by atoms with Gasteiger partial charge < -0.3 is 9.47 Å². The Balaban J connectivity index is 2.39. The third-order valence-corrected chi connectivity index (χ3v) is 5.94. The highest BCUT2D eigenvalue weighted by atomic mass is 32.2.